The van der Waals surface area contributed by atoms with Gasteiger partial charge in [-0.15, -0.1) is 0 Å². The molecular weight excluding hydrogens is 392 g/mol. The minimum atomic E-state index is -0.285. The van der Waals surface area contributed by atoms with E-state index in [9.17, 15) is 9.59 Å². The lowest BCUT2D eigenvalue weighted by atomic mass is 9.90. The molecule has 2 atom stereocenters. The smallest absolute Gasteiger partial charge is 0.306 e. The van der Waals surface area contributed by atoms with Crippen LogP contribution in [-0.2, 0) is 38.0 Å². The average molecular weight is 435 g/mol. The van der Waals surface area contributed by atoms with Crippen LogP contribution in [0.1, 0.15) is 53.4 Å². The molecule has 0 aromatic rings. The second kappa shape index (κ2) is 21.0. The molecule has 0 aromatic carbocycles. The van der Waals surface area contributed by atoms with Crippen LogP contribution >= 0.6 is 0 Å². The zero-order valence-electron chi connectivity index (χ0n) is 19.3. The van der Waals surface area contributed by atoms with Crippen molar-refractivity contribution in [3.8, 4) is 0 Å². The normalized spacial score (nSPS) is 13.1. The van der Waals surface area contributed by atoms with Gasteiger partial charge < -0.3 is 28.4 Å². The predicted molar refractivity (Wildman–Crippen MR) is 113 cm³/mol. The molecule has 0 aliphatic rings. The van der Waals surface area contributed by atoms with Crippen LogP contribution in [0.2, 0.25) is 0 Å². The average Bonchev–Trinajstić information content (AvgIpc) is 2.71. The van der Waals surface area contributed by atoms with Gasteiger partial charge in [-0.2, -0.15) is 0 Å². The van der Waals surface area contributed by atoms with Crippen molar-refractivity contribution in [3.05, 3.63) is 0 Å². The van der Waals surface area contributed by atoms with Gasteiger partial charge in [0.1, 0.15) is 13.2 Å². The molecule has 0 saturated heterocycles. The maximum atomic E-state index is 11.9. The van der Waals surface area contributed by atoms with Crippen LogP contribution in [0.25, 0.3) is 0 Å². The Balaban J connectivity index is 3.67. The number of ether oxygens (including phenoxy) is 6. The number of hydrogen-bond acceptors (Lipinski definition) is 8. The fraction of sp³-hybridized carbons (Fsp3) is 0.909. The number of hydrogen-bond donors (Lipinski definition) is 0. The van der Waals surface area contributed by atoms with E-state index in [0.717, 1.165) is 26.1 Å². The molecule has 8 nitrogen and oxygen atoms in total. The minimum absolute atomic E-state index is 0.0142. The zero-order chi connectivity index (χ0) is 22.5. The quantitative estimate of drug-likeness (QED) is 0.201. The third-order valence-corrected chi connectivity index (χ3v) is 4.37. The first-order chi connectivity index (χ1) is 14.5. The SMILES string of the molecule is CCCOCCOCCOC(=O)CC(C)C(C)CC(=O)OCCOCCOCCC. The lowest BCUT2D eigenvalue weighted by molar-refractivity contribution is -0.149. The van der Waals surface area contributed by atoms with Crippen LogP contribution in [0.3, 0.4) is 0 Å². The lowest BCUT2D eigenvalue weighted by Gasteiger charge is -2.18. The summed E-state index contributed by atoms with van der Waals surface area (Å²) < 4.78 is 31.6. The van der Waals surface area contributed by atoms with Crippen LogP contribution < -0.4 is 0 Å². The van der Waals surface area contributed by atoms with Gasteiger partial charge in [-0.3, -0.25) is 9.59 Å². The Morgan fingerprint density at radius 1 is 0.533 bits per heavy atom. The highest BCUT2D eigenvalue weighted by Crippen LogP contribution is 2.19. The summed E-state index contributed by atoms with van der Waals surface area (Å²) in [5, 5.41) is 0. The highest BCUT2D eigenvalue weighted by Gasteiger charge is 2.20. The molecule has 0 aliphatic carbocycles. The topological polar surface area (TPSA) is 89.5 Å². The summed E-state index contributed by atoms with van der Waals surface area (Å²) in [6, 6.07) is 0. The Morgan fingerprint density at radius 2 is 0.833 bits per heavy atom. The number of esters is 2. The third kappa shape index (κ3) is 18.8. The van der Waals surface area contributed by atoms with Crippen molar-refractivity contribution in [3.63, 3.8) is 0 Å². The molecule has 2 unspecified atom stereocenters. The standard InChI is InChI=1S/C22H42O8/c1-5-7-25-9-11-27-13-15-29-21(23)17-19(3)20(4)18-22(24)30-16-14-28-12-10-26-8-6-2/h19-20H,5-18H2,1-4H3. The fourth-order valence-corrected chi connectivity index (χ4v) is 2.41. The van der Waals surface area contributed by atoms with Crippen molar-refractivity contribution >= 4 is 11.9 Å². The zero-order valence-corrected chi connectivity index (χ0v) is 19.3. The summed E-state index contributed by atoms with van der Waals surface area (Å²) in [6.45, 7) is 12.6. The number of carbonyl (C=O) groups excluding carboxylic acids is 2. The maximum Gasteiger partial charge on any atom is 0.306 e. The van der Waals surface area contributed by atoms with E-state index in [1.165, 1.54) is 0 Å². The van der Waals surface area contributed by atoms with Crippen LogP contribution in [0.4, 0.5) is 0 Å². The Morgan fingerprint density at radius 3 is 1.17 bits per heavy atom. The summed E-state index contributed by atoms with van der Waals surface area (Å²) in [7, 11) is 0. The summed E-state index contributed by atoms with van der Waals surface area (Å²) in [4.78, 5) is 23.8. The molecule has 30 heavy (non-hydrogen) atoms. The van der Waals surface area contributed by atoms with E-state index in [1.54, 1.807) is 0 Å². The van der Waals surface area contributed by atoms with Gasteiger partial charge in [0.15, 0.2) is 0 Å². The molecule has 0 fully saturated rings. The highest BCUT2D eigenvalue weighted by molar-refractivity contribution is 5.71. The molecule has 0 N–H and O–H groups in total. The van der Waals surface area contributed by atoms with E-state index >= 15 is 0 Å². The molecule has 0 amide bonds. The molecule has 0 saturated carbocycles. The van der Waals surface area contributed by atoms with Gasteiger partial charge in [-0.05, 0) is 24.7 Å². The Kier molecular flexibility index (Phi) is 20.2. The third-order valence-electron chi connectivity index (χ3n) is 4.37. The maximum absolute atomic E-state index is 11.9. The summed E-state index contributed by atoms with van der Waals surface area (Å²) in [5.74, 6) is -0.541. The number of carbonyl (C=O) groups is 2. The van der Waals surface area contributed by atoms with Gasteiger partial charge in [0.05, 0.1) is 39.6 Å². The Hall–Kier alpha value is -1.22. The Labute approximate surface area is 181 Å². The van der Waals surface area contributed by atoms with Crippen molar-refractivity contribution < 1.29 is 38.0 Å². The van der Waals surface area contributed by atoms with Gasteiger partial charge in [-0.25, -0.2) is 0 Å². The van der Waals surface area contributed by atoms with Gasteiger partial charge in [0.25, 0.3) is 0 Å². The van der Waals surface area contributed by atoms with Crippen molar-refractivity contribution in [2.75, 3.05) is 66.1 Å². The van der Waals surface area contributed by atoms with E-state index in [4.69, 9.17) is 28.4 Å². The molecule has 0 spiro atoms. The minimum Gasteiger partial charge on any atom is -0.463 e. The molecule has 0 bridgehead atoms. The molecule has 0 aliphatic heterocycles. The van der Waals surface area contributed by atoms with Gasteiger partial charge >= 0.3 is 11.9 Å². The second-order valence-electron chi connectivity index (χ2n) is 7.25. The summed E-state index contributed by atoms with van der Waals surface area (Å²) in [5.41, 5.74) is 0. The fourth-order valence-electron chi connectivity index (χ4n) is 2.41. The van der Waals surface area contributed by atoms with Crippen molar-refractivity contribution in [2.24, 2.45) is 11.8 Å². The van der Waals surface area contributed by atoms with Crippen molar-refractivity contribution in [2.45, 2.75) is 53.4 Å². The largest absolute Gasteiger partial charge is 0.463 e. The van der Waals surface area contributed by atoms with Crippen molar-refractivity contribution in [1.82, 2.24) is 0 Å². The van der Waals surface area contributed by atoms with Gasteiger partial charge in [0.2, 0.25) is 0 Å². The Bertz CT molecular complexity index is 378. The van der Waals surface area contributed by atoms with Crippen LogP contribution in [0.5, 0.6) is 0 Å². The lowest BCUT2D eigenvalue weighted by Crippen LogP contribution is -2.21. The molecular formula is C22H42O8. The number of rotatable bonds is 21. The predicted octanol–water partition coefficient (Wildman–Crippen LogP) is 3.01. The first kappa shape index (κ1) is 28.8. The van der Waals surface area contributed by atoms with Crippen LogP contribution in [-0.4, -0.2) is 78.0 Å². The first-order valence-electron chi connectivity index (χ1n) is 11.1. The molecule has 0 aromatic heterocycles. The first-order valence-corrected chi connectivity index (χ1v) is 11.1. The summed E-state index contributed by atoms with van der Waals surface area (Å²) in [6.07, 6.45) is 2.48. The van der Waals surface area contributed by atoms with Crippen molar-refractivity contribution in [1.29, 1.82) is 0 Å². The van der Waals surface area contributed by atoms with E-state index in [1.807, 2.05) is 27.7 Å². The van der Waals surface area contributed by atoms with Crippen LogP contribution in [0.15, 0.2) is 0 Å². The van der Waals surface area contributed by atoms with E-state index < -0.39 is 0 Å². The molecule has 178 valence electrons. The van der Waals surface area contributed by atoms with Gasteiger partial charge in [0, 0.05) is 26.1 Å². The van der Waals surface area contributed by atoms with Crippen LogP contribution in [0, 0.1) is 11.8 Å². The molecule has 8 heteroatoms. The van der Waals surface area contributed by atoms with E-state index in [0.29, 0.717) is 39.6 Å². The van der Waals surface area contributed by atoms with E-state index in [2.05, 4.69) is 0 Å². The monoisotopic (exact) mass is 434 g/mol. The molecule has 0 heterocycles. The van der Waals surface area contributed by atoms with E-state index in [-0.39, 0.29) is 49.8 Å². The molecule has 0 rings (SSSR count). The molecule has 0 radical (unpaired) electrons. The summed E-state index contributed by atoms with van der Waals surface area (Å²) >= 11 is 0. The second-order valence-corrected chi connectivity index (χ2v) is 7.25. The highest BCUT2D eigenvalue weighted by atomic mass is 16.6. The van der Waals surface area contributed by atoms with Gasteiger partial charge in [-0.1, -0.05) is 27.7 Å².